The maximum atomic E-state index is 11.8. The topological polar surface area (TPSA) is 90.9 Å². The van der Waals surface area contributed by atoms with Gasteiger partial charge in [-0.25, -0.2) is 4.98 Å². The van der Waals surface area contributed by atoms with Crippen molar-refractivity contribution in [3.63, 3.8) is 0 Å². The standard InChI is InChI=1S/C12H14N4O2/c1-8-6-9(2-3-10(8)17)12(18)13-5-4-11-14-7-15-16-11/h2-3,6-7,17H,4-5H2,1H3,(H,13,18)(H,14,15,16). The van der Waals surface area contributed by atoms with E-state index in [1.54, 1.807) is 19.1 Å². The number of nitrogens with zero attached hydrogens (tertiary/aromatic N) is 2. The highest BCUT2D eigenvalue weighted by Crippen LogP contribution is 2.16. The Morgan fingerprint density at radius 1 is 1.50 bits per heavy atom. The van der Waals surface area contributed by atoms with Gasteiger partial charge in [-0.15, -0.1) is 0 Å². The molecule has 0 spiro atoms. The molecule has 94 valence electrons. The smallest absolute Gasteiger partial charge is 0.251 e. The second kappa shape index (κ2) is 5.31. The molecule has 0 bridgehead atoms. The normalized spacial score (nSPS) is 10.3. The minimum absolute atomic E-state index is 0.169. The van der Waals surface area contributed by atoms with E-state index in [2.05, 4.69) is 20.5 Å². The van der Waals surface area contributed by atoms with E-state index in [0.29, 0.717) is 24.1 Å². The summed E-state index contributed by atoms with van der Waals surface area (Å²) in [6, 6.07) is 4.76. The van der Waals surface area contributed by atoms with Crippen LogP contribution in [0.25, 0.3) is 0 Å². The van der Waals surface area contributed by atoms with Gasteiger partial charge in [0.1, 0.15) is 17.9 Å². The minimum Gasteiger partial charge on any atom is -0.508 e. The number of hydrogen-bond acceptors (Lipinski definition) is 4. The summed E-state index contributed by atoms with van der Waals surface area (Å²) in [6.07, 6.45) is 2.03. The van der Waals surface area contributed by atoms with Crippen LogP contribution in [0.2, 0.25) is 0 Å². The fourth-order valence-corrected chi connectivity index (χ4v) is 1.54. The summed E-state index contributed by atoms with van der Waals surface area (Å²) in [5.41, 5.74) is 1.21. The minimum atomic E-state index is -0.169. The van der Waals surface area contributed by atoms with Crippen molar-refractivity contribution >= 4 is 5.91 Å². The molecule has 1 amide bonds. The maximum absolute atomic E-state index is 11.8. The van der Waals surface area contributed by atoms with E-state index in [9.17, 15) is 9.90 Å². The third-order valence-corrected chi connectivity index (χ3v) is 2.57. The molecular formula is C12H14N4O2. The van der Waals surface area contributed by atoms with Gasteiger partial charge in [-0.1, -0.05) is 0 Å². The van der Waals surface area contributed by atoms with Crippen LogP contribution < -0.4 is 5.32 Å². The van der Waals surface area contributed by atoms with E-state index < -0.39 is 0 Å². The number of H-pyrrole nitrogens is 1. The first kappa shape index (κ1) is 12.1. The first-order chi connectivity index (χ1) is 8.66. The maximum Gasteiger partial charge on any atom is 0.251 e. The Kier molecular flexibility index (Phi) is 3.57. The molecule has 1 aromatic heterocycles. The highest BCUT2D eigenvalue weighted by molar-refractivity contribution is 5.94. The highest BCUT2D eigenvalue weighted by atomic mass is 16.3. The van der Waals surface area contributed by atoms with Crippen molar-refractivity contribution in [3.05, 3.63) is 41.5 Å². The number of aromatic hydroxyl groups is 1. The summed E-state index contributed by atoms with van der Waals surface area (Å²) in [6.45, 7) is 2.23. The number of nitrogens with one attached hydrogen (secondary N) is 2. The van der Waals surface area contributed by atoms with E-state index in [0.717, 1.165) is 5.82 Å². The van der Waals surface area contributed by atoms with E-state index >= 15 is 0 Å². The van der Waals surface area contributed by atoms with Gasteiger partial charge in [0, 0.05) is 18.5 Å². The Bertz CT molecular complexity index is 537. The van der Waals surface area contributed by atoms with Crippen molar-refractivity contribution in [1.82, 2.24) is 20.5 Å². The van der Waals surface area contributed by atoms with Crippen molar-refractivity contribution in [2.75, 3.05) is 6.54 Å². The summed E-state index contributed by atoms with van der Waals surface area (Å²) in [4.78, 5) is 15.8. The molecule has 2 aromatic rings. The predicted molar refractivity (Wildman–Crippen MR) is 65.3 cm³/mol. The molecule has 0 aliphatic heterocycles. The lowest BCUT2D eigenvalue weighted by Crippen LogP contribution is -2.26. The first-order valence-corrected chi connectivity index (χ1v) is 5.59. The fraction of sp³-hybridized carbons (Fsp3) is 0.250. The molecule has 0 unspecified atom stereocenters. The average molecular weight is 246 g/mol. The van der Waals surface area contributed by atoms with Crippen molar-refractivity contribution < 1.29 is 9.90 Å². The number of aromatic amines is 1. The number of carbonyl (C=O) groups excluding carboxylic acids is 1. The van der Waals surface area contributed by atoms with Crippen LogP contribution in [0.5, 0.6) is 5.75 Å². The van der Waals surface area contributed by atoms with E-state index in [1.807, 2.05) is 0 Å². The number of aryl methyl sites for hydroxylation is 1. The molecule has 1 heterocycles. The molecule has 2 rings (SSSR count). The van der Waals surface area contributed by atoms with E-state index in [-0.39, 0.29) is 11.7 Å². The van der Waals surface area contributed by atoms with Gasteiger partial charge >= 0.3 is 0 Å². The second-order valence-corrected chi connectivity index (χ2v) is 3.94. The summed E-state index contributed by atoms with van der Waals surface area (Å²) in [5.74, 6) is 0.753. The van der Waals surface area contributed by atoms with Crippen molar-refractivity contribution in [2.24, 2.45) is 0 Å². The van der Waals surface area contributed by atoms with Crippen molar-refractivity contribution in [3.8, 4) is 5.75 Å². The zero-order valence-electron chi connectivity index (χ0n) is 9.97. The van der Waals surface area contributed by atoms with Crippen LogP contribution in [0.3, 0.4) is 0 Å². The Morgan fingerprint density at radius 2 is 2.33 bits per heavy atom. The predicted octanol–water partition coefficient (Wildman–Crippen LogP) is 0.791. The number of amides is 1. The molecule has 0 saturated carbocycles. The number of aromatic nitrogens is 3. The summed E-state index contributed by atoms with van der Waals surface area (Å²) in [7, 11) is 0. The van der Waals surface area contributed by atoms with E-state index in [4.69, 9.17) is 0 Å². The average Bonchev–Trinajstić information content (AvgIpc) is 2.85. The third kappa shape index (κ3) is 2.85. The second-order valence-electron chi connectivity index (χ2n) is 3.94. The number of hydrogen-bond donors (Lipinski definition) is 3. The van der Waals surface area contributed by atoms with Gasteiger partial charge in [-0.05, 0) is 30.7 Å². The highest BCUT2D eigenvalue weighted by Gasteiger charge is 2.07. The number of carbonyl (C=O) groups is 1. The molecule has 6 heteroatoms. The van der Waals surface area contributed by atoms with Crippen molar-refractivity contribution in [2.45, 2.75) is 13.3 Å². The number of benzene rings is 1. The van der Waals surface area contributed by atoms with Gasteiger partial charge in [-0.3, -0.25) is 9.89 Å². The molecule has 6 nitrogen and oxygen atoms in total. The van der Waals surface area contributed by atoms with Crippen LogP contribution in [0, 0.1) is 6.92 Å². The van der Waals surface area contributed by atoms with E-state index in [1.165, 1.54) is 12.4 Å². The van der Waals surface area contributed by atoms with Gasteiger partial charge in [0.15, 0.2) is 0 Å². The quantitative estimate of drug-likeness (QED) is 0.744. The lowest BCUT2D eigenvalue weighted by molar-refractivity contribution is 0.0954. The Labute approximate surface area is 104 Å². The van der Waals surface area contributed by atoms with Crippen LogP contribution in [-0.4, -0.2) is 32.7 Å². The SMILES string of the molecule is Cc1cc(C(=O)NCCc2ncn[nH]2)ccc1O. The number of rotatable bonds is 4. The van der Waals surface area contributed by atoms with Gasteiger partial charge in [0.2, 0.25) is 0 Å². The largest absolute Gasteiger partial charge is 0.508 e. The van der Waals surface area contributed by atoms with Crippen LogP contribution in [0.15, 0.2) is 24.5 Å². The lowest BCUT2D eigenvalue weighted by Gasteiger charge is -2.05. The zero-order valence-corrected chi connectivity index (χ0v) is 9.97. The fourth-order valence-electron chi connectivity index (χ4n) is 1.54. The van der Waals surface area contributed by atoms with Gasteiger partial charge in [0.05, 0.1) is 0 Å². The monoisotopic (exact) mass is 246 g/mol. The van der Waals surface area contributed by atoms with Crippen LogP contribution >= 0.6 is 0 Å². The van der Waals surface area contributed by atoms with Crippen LogP contribution in [-0.2, 0) is 6.42 Å². The Balaban J connectivity index is 1.89. The Morgan fingerprint density at radius 3 is 3.00 bits per heavy atom. The zero-order chi connectivity index (χ0) is 13.0. The molecule has 0 aliphatic rings. The molecule has 1 aromatic carbocycles. The molecular weight excluding hydrogens is 232 g/mol. The molecule has 0 radical (unpaired) electrons. The first-order valence-electron chi connectivity index (χ1n) is 5.59. The van der Waals surface area contributed by atoms with Crippen molar-refractivity contribution in [1.29, 1.82) is 0 Å². The summed E-state index contributed by atoms with van der Waals surface area (Å²) >= 11 is 0. The molecule has 18 heavy (non-hydrogen) atoms. The van der Waals surface area contributed by atoms with Gasteiger partial charge < -0.3 is 10.4 Å². The summed E-state index contributed by atoms with van der Waals surface area (Å²) in [5, 5.41) is 18.6. The van der Waals surface area contributed by atoms with Crippen LogP contribution in [0.1, 0.15) is 21.7 Å². The lowest BCUT2D eigenvalue weighted by atomic mass is 10.1. The molecule has 0 fully saturated rings. The number of phenols is 1. The molecule has 3 N–H and O–H groups in total. The summed E-state index contributed by atoms with van der Waals surface area (Å²) < 4.78 is 0. The van der Waals surface area contributed by atoms with Gasteiger partial charge in [0.25, 0.3) is 5.91 Å². The third-order valence-electron chi connectivity index (χ3n) is 2.57. The van der Waals surface area contributed by atoms with Gasteiger partial charge in [-0.2, -0.15) is 5.10 Å². The molecule has 0 aliphatic carbocycles. The number of phenolic OH excluding ortho intramolecular Hbond substituents is 1. The molecule has 0 atom stereocenters. The Hall–Kier alpha value is -2.37. The van der Waals surface area contributed by atoms with Crippen LogP contribution in [0.4, 0.5) is 0 Å². The molecule has 0 saturated heterocycles.